The second-order valence-corrected chi connectivity index (χ2v) is 4.59. The van der Waals surface area contributed by atoms with Crippen LogP contribution in [0.1, 0.15) is 19.4 Å². The van der Waals surface area contributed by atoms with Crippen LogP contribution < -0.4 is 5.32 Å². The Kier molecular flexibility index (Phi) is 5.12. The Morgan fingerprint density at radius 1 is 1.39 bits per heavy atom. The van der Waals surface area contributed by atoms with E-state index in [0.29, 0.717) is 0 Å². The van der Waals surface area contributed by atoms with Gasteiger partial charge in [0.1, 0.15) is 6.61 Å². The SMILES string of the molecule is CC(C)(O)C(CO)NC(=O)OCc1ccccc1. The number of aliphatic hydroxyl groups excluding tert-OH is 1. The Morgan fingerprint density at radius 3 is 2.50 bits per heavy atom. The number of benzene rings is 1. The van der Waals surface area contributed by atoms with Crippen LogP contribution in [0.2, 0.25) is 0 Å². The topological polar surface area (TPSA) is 78.8 Å². The zero-order valence-corrected chi connectivity index (χ0v) is 10.6. The van der Waals surface area contributed by atoms with Gasteiger partial charge in [0.15, 0.2) is 0 Å². The van der Waals surface area contributed by atoms with E-state index in [1.165, 1.54) is 13.8 Å². The summed E-state index contributed by atoms with van der Waals surface area (Å²) in [5.41, 5.74) is -0.336. The summed E-state index contributed by atoms with van der Waals surface area (Å²) in [6.07, 6.45) is -0.667. The molecule has 0 aliphatic heterocycles. The number of hydrogen-bond acceptors (Lipinski definition) is 4. The third-order valence-corrected chi connectivity index (χ3v) is 2.54. The average Bonchev–Trinajstić information content (AvgIpc) is 2.33. The normalized spacial score (nSPS) is 12.9. The van der Waals surface area contributed by atoms with Crippen LogP contribution in [-0.4, -0.2) is 34.6 Å². The summed E-state index contributed by atoms with van der Waals surface area (Å²) in [5, 5.41) is 21.2. The molecule has 1 unspecified atom stereocenters. The smallest absolute Gasteiger partial charge is 0.407 e. The zero-order chi connectivity index (χ0) is 13.6. The molecule has 3 N–H and O–H groups in total. The van der Waals surface area contributed by atoms with Gasteiger partial charge in [-0.1, -0.05) is 30.3 Å². The molecule has 0 bridgehead atoms. The molecule has 5 nitrogen and oxygen atoms in total. The van der Waals surface area contributed by atoms with E-state index in [-0.39, 0.29) is 13.2 Å². The molecule has 1 amide bonds. The Balaban J connectivity index is 2.42. The summed E-state index contributed by atoms with van der Waals surface area (Å²) in [4.78, 5) is 11.5. The Morgan fingerprint density at radius 2 is 2.00 bits per heavy atom. The van der Waals surface area contributed by atoms with Crippen molar-refractivity contribution in [2.75, 3.05) is 6.61 Å². The minimum absolute atomic E-state index is 0.149. The number of ether oxygens (including phenoxy) is 1. The second kappa shape index (κ2) is 6.37. The van der Waals surface area contributed by atoms with Gasteiger partial charge in [0.25, 0.3) is 0 Å². The van der Waals surface area contributed by atoms with Gasteiger partial charge < -0.3 is 20.3 Å². The first kappa shape index (κ1) is 14.5. The second-order valence-electron chi connectivity index (χ2n) is 4.59. The van der Waals surface area contributed by atoms with Crippen molar-refractivity contribution in [3.63, 3.8) is 0 Å². The number of amides is 1. The van der Waals surface area contributed by atoms with Crippen molar-refractivity contribution in [3.8, 4) is 0 Å². The summed E-state index contributed by atoms with van der Waals surface area (Å²) < 4.78 is 4.98. The number of carbonyl (C=O) groups excluding carboxylic acids is 1. The molecular weight excluding hydrogens is 234 g/mol. The molecule has 1 atom stereocenters. The lowest BCUT2D eigenvalue weighted by Gasteiger charge is -2.27. The van der Waals surface area contributed by atoms with Crippen LogP contribution in [0.3, 0.4) is 0 Å². The van der Waals surface area contributed by atoms with Gasteiger partial charge in [-0.25, -0.2) is 4.79 Å². The predicted octanol–water partition coefficient (Wildman–Crippen LogP) is 1.04. The van der Waals surface area contributed by atoms with Crippen molar-refractivity contribution in [1.29, 1.82) is 0 Å². The quantitative estimate of drug-likeness (QED) is 0.732. The molecule has 1 rings (SSSR count). The number of carbonyl (C=O) groups is 1. The fraction of sp³-hybridized carbons (Fsp3) is 0.462. The minimum atomic E-state index is -1.21. The monoisotopic (exact) mass is 253 g/mol. The van der Waals surface area contributed by atoms with E-state index in [9.17, 15) is 9.90 Å². The maximum atomic E-state index is 11.5. The van der Waals surface area contributed by atoms with Crippen molar-refractivity contribution in [2.45, 2.75) is 32.1 Å². The predicted molar refractivity (Wildman–Crippen MR) is 66.9 cm³/mol. The summed E-state index contributed by atoms with van der Waals surface area (Å²) in [7, 11) is 0. The first-order chi connectivity index (χ1) is 8.43. The molecular formula is C13H19NO4. The van der Waals surface area contributed by atoms with Crippen molar-refractivity contribution >= 4 is 6.09 Å². The summed E-state index contributed by atoms with van der Waals surface area (Å²) in [5.74, 6) is 0. The lowest BCUT2D eigenvalue weighted by molar-refractivity contribution is 0.0125. The number of aliphatic hydroxyl groups is 2. The average molecular weight is 253 g/mol. The highest BCUT2D eigenvalue weighted by atomic mass is 16.5. The summed E-state index contributed by atoms with van der Waals surface area (Å²) >= 11 is 0. The standard InChI is InChI=1S/C13H19NO4/c1-13(2,17)11(8-15)14-12(16)18-9-10-6-4-3-5-7-10/h3-7,11,15,17H,8-9H2,1-2H3,(H,14,16). The van der Waals surface area contributed by atoms with E-state index in [2.05, 4.69) is 5.32 Å². The highest BCUT2D eigenvalue weighted by Crippen LogP contribution is 2.08. The van der Waals surface area contributed by atoms with Crippen molar-refractivity contribution < 1.29 is 19.7 Å². The molecule has 1 aromatic carbocycles. The fourth-order valence-corrected chi connectivity index (χ4v) is 1.35. The highest BCUT2D eigenvalue weighted by Gasteiger charge is 2.28. The molecule has 0 fully saturated rings. The van der Waals surface area contributed by atoms with E-state index >= 15 is 0 Å². The van der Waals surface area contributed by atoms with Crippen molar-refractivity contribution in [2.24, 2.45) is 0 Å². The molecule has 0 aromatic heterocycles. The van der Waals surface area contributed by atoms with E-state index < -0.39 is 17.7 Å². The summed E-state index contributed by atoms with van der Waals surface area (Å²) in [6, 6.07) is 8.49. The number of hydrogen-bond donors (Lipinski definition) is 3. The van der Waals surface area contributed by atoms with E-state index in [1.54, 1.807) is 0 Å². The molecule has 100 valence electrons. The number of alkyl carbamates (subject to hydrolysis) is 1. The Labute approximate surface area is 106 Å². The molecule has 5 heteroatoms. The van der Waals surface area contributed by atoms with Gasteiger partial charge in [-0.15, -0.1) is 0 Å². The van der Waals surface area contributed by atoms with E-state index in [4.69, 9.17) is 9.84 Å². The lowest BCUT2D eigenvalue weighted by atomic mass is 10.0. The van der Waals surface area contributed by atoms with E-state index in [1.807, 2.05) is 30.3 Å². The van der Waals surface area contributed by atoms with E-state index in [0.717, 1.165) is 5.56 Å². The van der Waals surface area contributed by atoms with Crippen LogP contribution in [0.25, 0.3) is 0 Å². The minimum Gasteiger partial charge on any atom is -0.445 e. The Hall–Kier alpha value is -1.59. The molecule has 0 radical (unpaired) electrons. The van der Waals surface area contributed by atoms with Crippen LogP contribution in [0.5, 0.6) is 0 Å². The largest absolute Gasteiger partial charge is 0.445 e. The first-order valence-electron chi connectivity index (χ1n) is 5.74. The Bertz CT molecular complexity index is 372. The van der Waals surface area contributed by atoms with Gasteiger partial charge >= 0.3 is 6.09 Å². The lowest BCUT2D eigenvalue weighted by Crippen LogP contribution is -2.51. The molecule has 0 aliphatic rings. The van der Waals surface area contributed by atoms with Gasteiger partial charge in [-0.05, 0) is 19.4 Å². The van der Waals surface area contributed by atoms with Crippen LogP contribution in [0.4, 0.5) is 4.79 Å². The zero-order valence-electron chi connectivity index (χ0n) is 10.6. The maximum absolute atomic E-state index is 11.5. The van der Waals surface area contributed by atoms with Crippen LogP contribution in [0, 0.1) is 0 Å². The molecule has 0 heterocycles. The maximum Gasteiger partial charge on any atom is 0.407 e. The number of rotatable bonds is 5. The van der Waals surface area contributed by atoms with Gasteiger partial charge in [0.2, 0.25) is 0 Å². The van der Waals surface area contributed by atoms with Crippen LogP contribution >= 0.6 is 0 Å². The van der Waals surface area contributed by atoms with Crippen LogP contribution in [-0.2, 0) is 11.3 Å². The first-order valence-corrected chi connectivity index (χ1v) is 5.74. The van der Waals surface area contributed by atoms with Gasteiger partial charge in [0.05, 0.1) is 18.2 Å². The van der Waals surface area contributed by atoms with Gasteiger partial charge in [0, 0.05) is 0 Å². The van der Waals surface area contributed by atoms with Crippen molar-refractivity contribution in [1.82, 2.24) is 5.32 Å². The molecule has 0 saturated heterocycles. The molecule has 0 spiro atoms. The third-order valence-electron chi connectivity index (χ3n) is 2.54. The molecule has 1 aromatic rings. The highest BCUT2D eigenvalue weighted by molar-refractivity contribution is 5.67. The summed E-state index contributed by atoms with van der Waals surface area (Å²) in [6.45, 7) is 2.80. The van der Waals surface area contributed by atoms with Gasteiger partial charge in [-0.2, -0.15) is 0 Å². The van der Waals surface area contributed by atoms with Crippen molar-refractivity contribution in [3.05, 3.63) is 35.9 Å². The van der Waals surface area contributed by atoms with Crippen LogP contribution in [0.15, 0.2) is 30.3 Å². The molecule has 18 heavy (non-hydrogen) atoms. The number of nitrogens with one attached hydrogen (secondary N) is 1. The third kappa shape index (κ3) is 4.73. The molecule has 0 aliphatic carbocycles. The molecule has 0 saturated carbocycles. The fourth-order valence-electron chi connectivity index (χ4n) is 1.35. The van der Waals surface area contributed by atoms with Gasteiger partial charge in [-0.3, -0.25) is 0 Å².